The van der Waals surface area contributed by atoms with E-state index in [-0.39, 0.29) is 0 Å². The summed E-state index contributed by atoms with van der Waals surface area (Å²) in [4.78, 5) is 4.23. The standard InChI is InChI=1S/C12H20N2O3/c1-15-6-4-13-9-12-14-8-11(17-12)7-10-3-2-5-16-10/h8,10,13H,2-7,9H2,1H3. The molecule has 1 aromatic heterocycles. The average molecular weight is 240 g/mol. The van der Waals surface area contributed by atoms with Gasteiger partial charge in [-0.2, -0.15) is 0 Å². The van der Waals surface area contributed by atoms with Gasteiger partial charge in [-0.3, -0.25) is 0 Å². The van der Waals surface area contributed by atoms with Gasteiger partial charge >= 0.3 is 0 Å². The molecule has 1 N–H and O–H groups in total. The van der Waals surface area contributed by atoms with Crippen LogP contribution >= 0.6 is 0 Å². The Morgan fingerprint density at radius 3 is 3.29 bits per heavy atom. The fourth-order valence-corrected chi connectivity index (χ4v) is 1.92. The van der Waals surface area contributed by atoms with Crippen molar-refractivity contribution in [3.05, 3.63) is 17.8 Å². The molecule has 0 radical (unpaired) electrons. The second kappa shape index (κ2) is 6.74. The van der Waals surface area contributed by atoms with E-state index in [1.54, 1.807) is 13.3 Å². The van der Waals surface area contributed by atoms with Crippen LogP contribution in [0, 0.1) is 0 Å². The molecule has 0 spiro atoms. The molecule has 0 saturated carbocycles. The SMILES string of the molecule is COCCNCc1ncc(CC2CCCO2)o1. The highest BCUT2D eigenvalue weighted by Crippen LogP contribution is 2.17. The van der Waals surface area contributed by atoms with Gasteiger partial charge in [-0.1, -0.05) is 0 Å². The van der Waals surface area contributed by atoms with Crippen LogP contribution in [-0.4, -0.2) is 38.0 Å². The Labute approximate surface area is 102 Å². The molecule has 17 heavy (non-hydrogen) atoms. The molecular weight excluding hydrogens is 220 g/mol. The molecule has 5 nitrogen and oxygen atoms in total. The summed E-state index contributed by atoms with van der Waals surface area (Å²) in [6.07, 6.45) is 5.24. The normalized spacial score (nSPS) is 19.9. The minimum atomic E-state index is 0.317. The van der Waals surface area contributed by atoms with Gasteiger partial charge in [0, 0.05) is 26.7 Å². The van der Waals surface area contributed by atoms with Crippen molar-refractivity contribution in [3.63, 3.8) is 0 Å². The van der Waals surface area contributed by atoms with Crippen molar-refractivity contribution in [2.45, 2.75) is 31.9 Å². The Kier molecular flexibility index (Phi) is 4.97. The predicted molar refractivity (Wildman–Crippen MR) is 62.8 cm³/mol. The monoisotopic (exact) mass is 240 g/mol. The Hall–Kier alpha value is -0.910. The van der Waals surface area contributed by atoms with E-state index in [1.807, 2.05) is 0 Å². The zero-order chi connectivity index (χ0) is 11.9. The lowest BCUT2D eigenvalue weighted by Crippen LogP contribution is -2.18. The third kappa shape index (κ3) is 4.11. The summed E-state index contributed by atoms with van der Waals surface area (Å²) in [5.41, 5.74) is 0. The van der Waals surface area contributed by atoms with Crippen molar-refractivity contribution < 1.29 is 13.9 Å². The van der Waals surface area contributed by atoms with Crippen LogP contribution in [0.15, 0.2) is 10.6 Å². The molecule has 0 bridgehead atoms. The van der Waals surface area contributed by atoms with E-state index < -0.39 is 0 Å². The molecule has 0 aromatic carbocycles. The van der Waals surface area contributed by atoms with E-state index >= 15 is 0 Å². The predicted octanol–water partition coefficient (Wildman–Crippen LogP) is 1.13. The molecule has 1 atom stereocenters. The van der Waals surface area contributed by atoms with E-state index in [2.05, 4.69) is 10.3 Å². The minimum absolute atomic E-state index is 0.317. The van der Waals surface area contributed by atoms with Crippen molar-refractivity contribution in [2.75, 3.05) is 26.9 Å². The summed E-state index contributed by atoms with van der Waals surface area (Å²) in [6, 6.07) is 0. The summed E-state index contributed by atoms with van der Waals surface area (Å²) in [5, 5.41) is 3.20. The molecule has 5 heteroatoms. The van der Waals surface area contributed by atoms with Gasteiger partial charge in [-0.05, 0) is 12.8 Å². The highest BCUT2D eigenvalue weighted by molar-refractivity contribution is 4.96. The number of nitrogens with zero attached hydrogens (tertiary/aromatic N) is 1. The molecule has 1 fully saturated rings. The van der Waals surface area contributed by atoms with E-state index in [1.165, 1.54) is 0 Å². The van der Waals surface area contributed by atoms with Crippen LogP contribution in [0.1, 0.15) is 24.5 Å². The molecule has 2 heterocycles. The summed E-state index contributed by atoms with van der Waals surface area (Å²) < 4.78 is 16.1. The topological polar surface area (TPSA) is 56.5 Å². The maximum absolute atomic E-state index is 5.63. The first-order valence-electron chi connectivity index (χ1n) is 6.13. The van der Waals surface area contributed by atoms with Crippen LogP contribution in [0.25, 0.3) is 0 Å². The van der Waals surface area contributed by atoms with Gasteiger partial charge in [0.25, 0.3) is 0 Å². The third-order valence-electron chi connectivity index (χ3n) is 2.81. The van der Waals surface area contributed by atoms with Crippen LogP contribution in [0.3, 0.4) is 0 Å². The second-order valence-corrected chi connectivity index (χ2v) is 4.23. The first kappa shape index (κ1) is 12.5. The zero-order valence-electron chi connectivity index (χ0n) is 10.3. The molecule has 1 aliphatic rings. The molecular formula is C12H20N2O3. The van der Waals surface area contributed by atoms with Gasteiger partial charge < -0.3 is 19.2 Å². The van der Waals surface area contributed by atoms with Crippen LogP contribution in [-0.2, 0) is 22.4 Å². The van der Waals surface area contributed by atoms with Gasteiger partial charge in [0.05, 0.1) is 25.5 Å². The van der Waals surface area contributed by atoms with Crippen molar-refractivity contribution in [1.29, 1.82) is 0 Å². The van der Waals surface area contributed by atoms with Gasteiger partial charge in [-0.25, -0.2) is 4.98 Å². The van der Waals surface area contributed by atoms with Gasteiger partial charge in [0.1, 0.15) is 5.76 Å². The first-order valence-corrected chi connectivity index (χ1v) is 6.13. The Balaban J connectivity index is 1.71. The van der Waals surface area contributed by atoms with Crippen LogP contribution in [0.5, 0.6) is 0 Å². The first-order chi connectivity index (χ1) is 8.38. The van der Waals surface area contributed by atoms with E-state index in [0.717, 1.165) is 44.1 Å². The summed E-state index contributed by atoms with van der Waals surface area (Å²) in [6.45, 7) is 3.03. The van der Waals surface area contributed by atoms with Crippen LogP contribution in [0.4, 0.5) is 0 Å². The summed E-state index contributed by atoms with van der Waals surface area (Å²) >= 11 is 0. The molecule has 1 saturated heterocycles. The minimum Gasteiger partial charge on any atom is -0.444 e. The van der Waals surface area contributed by atoms with Gasteiger partial charge in [-0.15, -0.1) is 0 Å². The molecule has 1 aromatic rings. The lowest BCUT2D eigenvalue weighted by Gasteiger charge is -2.05. The van der Waals surface area contributed by atoms with Crippen molar-refractivity contribution in [1.82, 2.24) is 10.3 Å². The smallest absolute Gasteiger partial charge is 0.208 e. The quantitative estimate of drug-likeness (QED) is 0.724. The molecule has 1 aliphatic heterocycles. The van der Waals surface area contributed by atoms with Crippen LogP contribution in [0.2, 0.25) is 0 Å². The molecule has 0 amide bonds. The number of rotatable bonds is 7. The molecule has 2 rings (SSSR count). The average Bonchev–Trinajstić information content (AvgIpc) is 2.97. The van der Waals surface area contributed by atoms with E-state index in [9.17, 15) is 0 Å². The number of oxazole rings is 1. The van der Waals surface area contributed by atoms with Crippen LogP contribution < -0.4 is 5.32 Å². The maximum atomic E-state index is 5.63. The number of methoxy groups -OCH3 is 1. The molecule has 0 aliphatic carbocycles. The van der Waals surface area contributed by atoms with E-state index in [4.69, 9.17) is 13.9 Å². The molecule has 96 valence electrons. The van der Waals surface area contributed by atoms with Gasteiger partial charge in [0.15, 0.2) is 0 Å². The lowest BCUT2D eigenvalue weighted by atomic mass is 10.1. The Morgan fingerprint density at radius 2 is 2.53 bits per heavy atom. The van der Waals surface area contributed by atoms with Crippen molar-refractivity contribution in [2.24, 2.45) is 0 Å². The fraction of sp³-hybridized carbons (Fsp3) is 0.750. The maximum Gasteiger partial charge on any atom is 0.208 e. The van der Waals surface area contributed by atoms with Gasteiger partial charge in [0.2, 0.25) is 5.89 Å². The number of ether oxygens (including phenoxy) is 2. The van der Waals surface area contributed by atoms with Crippen molar-refractivity contribution in [3.8, 4) is 0 Å². The highest BCUT2D eigenvalue weighted by atomic mass is 16.5. The number of nitrogens with one attached hydrogen (secondary N) is 1. The lowest BCUT2D eigenvalue weighted by molar-refractivity contribution is 0.106. The number of aromatic nitrogens is 1. The molecule has 1 unspecified atom stereocenters. The number of hydrogen-bond acceptors (Lipinski definition) is 5. The third-order valence-corrected chi connectivity index (χ3v) is 2.81. The Morgan fingerprint density at radius 1 is 1.59 bits per heavy atom. The Bertz CT molecular complexity index is 321. The summed E-state index contributed by atoms with van der Waals surface area (Å²) in [7, 11) is 1.69. The highest BCUT2D eigenvalue weighted by Gasteiger charge is 2.17. The largest absolute Gasteiger partial charge is 0.444 e. The summed E-state index contributed by atoms with van der Waals surface area (Å²) in [5.74, 6) is 1.65. The van der Waals surface area contributed by atoms with Crippen molar-refractivity contribution >= 4 is 0 Å². The fourth-order valence-electron chi connectivity index (χ4n) is 1.92. The van der Waals surface area contributed by atoms with E-state index in [0.29, 0.717) is 19.3 Å². The zero-order valence-corrected chi connectivity index (χ0v) is 10.3. The second-order valence-electron chi connectivity index (χ2n) is 4.23. The number of hydrogen-bond donors (Lipinski definition) is 1.